The molecule has 3 rings (SSSR count). The standard InChI is InChI=1S/C25H32N4O6/c1-16(11-23(31)28-18-7-6-8-19(14-18)29-9-4-5-10-29)27-25(32)17-12-20(33-2)24(21(13-17)34-3)35-15-22(26)30/h6-8,12-14,16H,4-5,9-11,15H2,1-3H3,(H2,26,30)(H,27,32)(H,28,31)/t16-/m1/s1. The van der Waals surface area contributed by atoms with Gasteiger partial charge in [-0.25, -0.2) is 0 Å². The Morgan fingerprint density at radius 2 is 1.71 bits per heavy atom. The molecule has 0 aromatic heterocycles. The van der Waals surface area contributed by atoms with Gasteiger partial charge < -0.3 is 35.5 Å². The number of nitrogens with zero attached hydrogens (tertiary/aromatic N) is 1. The number of nitrogens with one attached hydrogen (secondary N) is 2. The van der Waals surface area contributed by atoms with Crippen LogP contribution >= 0.6 is 0 Å². The highest BCUT2D eigenvalue weighted by Crippen LogP contribution is 2.38. The van der Waals surface area contributed by atoms with Crippen LogP contribution in [-0.2, 0) is 9.59 Å². The van der Waals surface area contributed by atoms with Gasteiger partial charge in [0.05, 0.1) is 14.2 Å². The van der Waals surface area contributed by atoms with Gasteiger partial charge >= 0.3 is 0 Å². The molecule has 10 nitrogen and oxygen atoms in total. The summed E-state index contributed by atoms with van der Waals surface area (Å²) in [5.41, 5.74) is 7.19. The molecule has 0 radical (unpaired) electrons. The van der Waals surface area contributed by atoms with E-state index in [-0.39, 0.29) is 41.7 Å². The monoisotopic (exact) mass is 484 g/mol. The number of primary amides is 1. The average molecular weight is 485 g/mol. The maximum Gasteiger partial charge on any atom is 0.255 e. The molecule has 4 N–H and O–H groups in total. The van der Waals surface area contributed by atoms with E-state index in [2.05, 4.69) is 15.5 Å². The summed E-state index contributed by atoms with van der Waals surface area (Å²) in [6.07, 6.45) is 2.44. The summed E-state index contributed by atoms with van der Waals surface area (Å²) >= 11 is 0. The molecule has 188 valence electrons. The van der Waals surface area contributed by atoms with Crippen LogP contribution in [-0.4, -0.2) is 57.7 Å². The van der Waals surface area contributed by atoms with Gasteiger partial charge in [-0.3, -0.25) is 14.4 Å². The van der Waals surface area contributed by atoms with Crippen LogP contribution in [0.3, 0.4) is 0 Å². The number of anilines is 2. The van der Waals surface area contributed by atoms with E-state index in [9.17, 15) is 14.4 Å². The smallest absolute Gasteiger partial charge is 0.255 e. The van der Waals surface area contributed by atoms with Crippen LogP contribution in [0.5, 0.6) is 17.2 Å². The summed E-state index contributed by atoms with van der Waals surface area (Å²) in [6.45, 7) is 3.42. The molecular weight excluding hydrogens is 452 g/mol. The Balaban J connectivity index is 1.61. The van der Waals surface area contributed by atoms with Crippen molar-refractivity contribution in [1.82, 2.24) is 5.32 Å². The number of hydrogen-bond acceptors (Lipinski definition) is 7. The zero-order valence-corrected chi connectivity index (χ0v) is 20.3. The van der Waals surface area contributed by atoms with E-state index in [4.69, 9.17) is 19.9 Å². The summed E-state index contributed by atoms with van der Waals surface area (Å²) in [5, 5.41) is 5.71. The topological polar surface area (TPSA) is 132 Å². The SMILES string of the molecule is COc1cc(C(=O)N[C@H](C)CC(=O)Nc2cccc(N3CCCC3)c2)cc(OC)c1OCC(N)=O. The highest BCUT2D eigenvalue weighted by atomic mass is 16.5. The van der Waals surface area contributed by atoms with Crippen molar-refractivity contribution in [2.45, 2.75) is 32.2 Å². The fourth-order valence-corrected chi connectivity index (χ4v) is 3.90. The van der Waals surface area contributed by atoms with Gasteiger partial charge in [-0.2, -0.15) is 0 Å². The van der Waals surface area contributed by atoms with Crippen LogP contribution in [0.15, 0.2) is 36.4 Å². The van der Waals surface area contributed by atoms with E-state index in [1.54, 1.807) is 6.92 Å². The number of rotatable bonds is 11. The molecule has 0 spiro atoms. The summed E-state index contributed by atoms with van der Waals surface area (Å²) in [5.74, 6) is -0.709. The zero-order chi connectivity index (χ0) is 25.4. The van der Waals surface area contributed by atoms with E-state index >= 15 is 0 Å². The molecule has 1 saturated heterocycles. The van der Waals surface area contributed by atoms with E-state index in [0.29, 0.717) is 0 Å². The van der Waals surface area contributed by atoms with Gasteiger partial charge in [-0.1, -0.05) is 6.07 Å². The fourth-order valence-electron chi connectivity index (χ4n) is 3.90. The first kappa shape index (κ1) is 25.7. The van der Waals surface area contributed by atoms with Gasteiger partial charge in [0, 0.05) is 42.5 Å². The van der Waals surface area contributed by atoms with Crippen molar-refractivity contribution in [2.75, 3.05) is 44.1 Å². The zero-order valence-electron chi connectivity index (χ0n) is 20.3. The van der Waals surface area contributed by atoms with Crippen molar-refractivity contribution in [3.63, 3.8) is 0 Å². The van der Waals surface area contributed by atoms with E-state index in [1.807, 2.05) is 24.3 Å². The van der Waals surface area contributed by atoms with Crippen molar-refractivity contribution < 1.29 is 28.6 Å². The van der Waals surface area contributed by atoms with Crippen LogP contribution < -0.4 is 35.5 Å². The quantitative estimate of drug-likeness (QED) is 0.446. The van der Waals surface area contributed by atoms with Crippen molar-refractivity contribution in [3.05, 3.63) is 42.0 Å². The Hall–Kier alpha value is -3.95. The van der Waals surface area contributed by atoms with Crippen molar-refractivity contribution in [1.29, 1.82) is 0 Å². The highest BCUT2D eigenvalue weighted by Gasteiger charge is 2.20. The second-order valence-electron chi connectivity index (χ2n) is 8.34. The van der Waals surface area contributed by atoms with E-state index < -0.39 is 17.9 Å². The maximum absolute atomic E-state index is 12.8. The third-order valence-electron chi connectivity index (χ3n) is 5.55. The molecule has 2 aromatic carbocycles. The first-order chi connectivity index (χ1) is 16.8. The predicted octanol–water partition coefficient (Wildman–Crippen LogP) is 2.32. The summed E-state index contributed by atoms with van der Waals surface area (Å²) in [4.78, 5) is 38.8. The second-order valence-corrected chi connectivity index (χ2v) is 8.34. The number of methoxy groups -OCH3 is 2. The first-order valence-electron chi connectivity index (χ1n) is 11.4. The van der Waals surface area contributed by atoms with E-state index in [1.165, 1.54) is 39.2 Å². The molecule has 0 saturated carbocycles. The molecule has 1 aliphatic heterocycles. The highest BCUT2D eigenvalue weighted by molar-refractivity contribution is 5.97. The molecule has 35 heavy (non-hydrogen) atoms. The first-order valence-corrected chi connectivity index (χ1v) is 11.4. The Morgan fingerprint density at radius 3 is 2.31 bits per heavy atom. The maximum atomic E-state index is 12.8. The third kappa shape index (κ3) is 7.02. The lowest BCUT2D eigenvalue weighted by atomic mass is 10.1. The van der Waals surface area contributed by atoms with Gasteiger partial charge in [0.1, 0.15) is 0 Å². The Kier molecular flexibility index (Phi) is 8.77. The molecule has 1 fully saturated rings. The lowest BCUT2D eigenvalue weighted by Gasteiger charge is -2.19. The number of amides is 3. The van der Waals surface area contributed by atoms with Crippen molar-refractivity contribution >= 4 is 29.1 Å². The number of carbonyl (C=O) groups is 3. The normalized spacial score (nSPS) is 13.6. The number of ether oxygens (including phenoxy) is 3. The van der Waals surface area contributed by atoms with Crippen LogP contribution in [0.4, 0.5) is 11.4 Å². The van der Waals surface area contributed by atoms with Gasteiger partial charge in [0.25, 0.3) is 11.8 Å². The van der Waals surface area contributed by atoms with Crippen molar-refractivity contribution in [2.24, 2.45) is 5.73 Å². The molecule has 1 heterocycles. The lowest BCUT2D eigenvalue weighted by molar-refractivity contribution is -0.120. The van der Waals surface area contributed by atoms with Crippen LogP contribution in [0.25, 0.3) is 0 Å². The third-order valence-corrected chi connectivity index (χ3v) is 5.55. The molecule has 2 aromatic rings. The summed E-state index contributed by atoms with van der Waals surface area (Å²) in [6, 6.07) is 10.3. The second kappa shape index (κ2) is 12.0. The largest absolute Gasteiger partial charge is 0.493 e. The van der Waals surface area contributed by atoms with Gasteiger partial charge in [0.2, 0.25) is 11.7 Å². The molecule has 1 aliphatic rings. The number of hydrogen-bond donors (Lipinski definition) is 3. The Labute approximate surface area is 204 Å². The van der Waals surface area contributed by atoms with Crippen LogP contribution in [0.2, 0.25) is 0 Å². The van der Waals surface area contributed by atoms with E-state index in [0.717, 1.165) is 24.5 Å². The molecule has 10 heteroatoms. The van der Waals surface area contributed by atoms with Gasteiger partial charge in [-0.15, -0.1) is 0 Å². The predicted molar refractivity (Wildman–Crippen MR) is 132 cm³/mol. The fraction of sp³-hybridized carbons (Fsp3) is 0.400. The molecule has 0 aliphatic carbocycles. The Morgan fingerprint density at radius 1 is 1.06 bits per heavy atom. The number of carbonyl (C=O) groups excluding carboxylic acids is 3. The minimum Gasteiger partial charge on any atom is -0.493 e. The minimum atomic E-state index is -0.661. The molecular formula is C25H32N4O6. The van der Waals surface area contributed by atoms with Crippen LogP contribution in [0.1, 0.15) is 36.5 Å². The summed E-state index contributed by atoms with van der Waals surface area (Å²) < 4.78 is 15.9. The van der Waals surface area contributed by atoms with Gasteiger partial charge in [0.15, 0.2) is 18.1 Å². The lowest BCUT2D eigenvalue weighted by Crippen LogP contribution is -2.35. The molecule has 1 atom stereocenters. The molecule has 3 amide bonds. The Bertz CT molecular complexity index is 1040. The van der Waals surface area contributed by atoms with Crippen molar-refractivity contribution in [3.8, 4) is 17.2 Å². The molecule has 0 bridgehead atoms. The number of nitrogens with two attached hydrogens (primary N) is 1. The minimum absolute atomic E-state index is 0.0910. The molecule has 0 unspecified atom stereocenters. The summed E-state index contributed by atoms with van der Waals surface area (Å²) in [7, 11) is 2.80. The average Bonchev–Trinajstić information content (AvgIpc) is 3.37. The van der Waals surface area contributed by atoms with Gasteiger partial charge in [-0.05, 0) is 50.1 Å². The van der Waals surface area contributed by atoms with Crippen LogP contribution in [0, 0.1) is 0 Å². The number of benzene rings is 2.